The second kappa shape index (κ2) is 5.51. The Morgan fingerprint density at radius 3 is 2.70 bits per heavy atom. The van der Waals surface area contributed by atoms with Crippen molar-refractivity contribution in [1.82, 2.24) is 9.55 Å². The van der Waals surface area contributed by atoms with Crippen molar-refractivity contribution in [2.75, 3.05) is 7.11 Å². The average Bonchev–Trinajstić information content (AvgIpc) is 2.80. The van der Waals surface area contributed by atoms with Crippen LogP contribution >= 0.6 is 12.2 Å². The van der Waals surface area contributed by atoms with Crippen LogP contribution in [0.1, 0.15) is 5.56 Å². The summed E-state index contributed by atoms with van der Waals surface area (Å²) < 4.78 is 8.13. The van der Waals surface area contributed by atoms with E-state index in [0.717, 1.165) is 34.5 Å². The van der Waals surface area contributed by atoms with Gasteiger partial charge in [-0.15, -0.1) is 0 Å². The van der Waals surface area contributed by atoms with E-state index >= 15 is 0 Å². The van der Waals surface area contributed by atoms with E-state index in [4.69, 9.17) is 17.0 Å². The van der Waals surface area contributed by atoms with E-state index < -0.39 is 0 Å². The van der Waals surface area contributed by atoms with E-state index in [1.165, 1.54) is 5.56 Å². The molecule has 0 aliphatic heterocycles. The van der Waals surface area contributed by atoms with Gasteiger partial charge >= 0.3 is 0 Å². The molecule has 0 bridgehead atoms. The molecular weight excluding hydrogens is 268 g/mol. The third-order valence-corrected chi connectivity index (χ3v) is 3.77. The highest BCUT2D eigenvalue weighted by Gasteiger charge is 2.05. The van der Waals surface area contributed by atoms with Crippen LogP contribution in [-0.4, -0.2) is 16.7 Å². The maximum absolute atomic E-state index is 5.41. The molecule has 0 atom stereocenters. The minimum absolute atomic E-state index is 0.754. The minimum atomic E-state index is 0.754. The van der Waals surface area contributed by atoms with Crippen LogP contribution in [0.2, 0.25) is 0 Å². The number of benzene rings is 2. The molecule has 0 unspecified atom stereocenters. The largest absolute Gasteiger partial charge is 0.497 e. The Morgan fingerprint density at radius 2 is 1.95 bits per heavy atom. The fourth-order valence-corrected chi connectivity index (χ4v) is 2.68. The molecule has 2 aromatic carbocycles. The first-order chi connectivity index (χ1) is 9.78. The van der Waals surface area contributed by atoms with Crippen molar-refractivity contribution in [2.24, 2.45) is 0 Å². The Balaban J connectivity index is 1.91. The van der Waals surface area contributed by atoms with Gasteiger partial charge in [0.1, 0.15) is 5.75 Å². The first-order valence-corrected chi connectivity index (χ1v) is 6.99. The molecule has 0 saturated heterocycles. The number of aromatic amines is 1. The first-order valence-electron chi connectivity index (χ1n) is 6.58. The number of ether oxygens (including phenoxy) is 1. The van der Waals surface area contributed by atoms with Crippen molar-refractivity contribution in [1.29, 1.82) is 0 Å². The van der Waals surface area contributed by atoms with Gasteiger partial charge in [-0.1, -0.05) is 30.3 Å². The fourth-order valence-electron chi connectivity index (χ4n) is 2.38. The molecule has 0 radical (unpaired) electrons. The van der Waals surface area contributed by atoms with Gasteiger partial charge in [0, 0.05) is 12.6 Å². The van der Waals surface area contributed by atoms with Crippen LogP contribution in [0.15, 0.2) is 48.5 Å². The maximum atomic E-state index is 5.41. The molecule has 3 rings (SSSR count). The quantitative estimate of drug-likeness (QED) is 0.735. The van der Waals surface area contributed by atoms with Crippen molar-refractivity contribution < 1.29 is 4.74 Å². The van der Waals surface area contributed by atoms with E-state index in [1.54, 1.807) is 7.11 Å². The van der Waals surface area contributed by atoms with Gasteiger partial charge in [-0.25, -0.2) is 0 Å². The molecule has 0 fully saturated rings. The van der Waals surface area contributed by atoms with Gasteiger partial charge in [0.05, 0.1) is 18.1 Å². The minimum Gasteiger partial charge on any atom is -0.497 e. The maximum Gasteiger partial charge on any atom is 0.178 e. The summed E-state index contributed by atoms with van der Waals surface area (Å²) in [4.78, 5) is 3.24. The summed E-state index contributed by atoms with van der Waals surface area (Å²) in [5, 5.41) is 0. The number of methoxy groups -OCH3 is 1. The van der Waals surface area contributed by atoms with Crippen LogP contribution in [0.25, 0.3) is 11.0 Å². The fraction of sp³-hybridized carbons (Fsp3) is 0.188. The highest BCUT2D eigenvalue weighted by molar-refractivity contribution is 7.71. The van der Waals surface area contributed by atoms with Crippen molar-refractivity contribution in [3.05, 3.63) is 58.9 Å². The van der Waals surface area contributed by atoms with Gasteiger partial charge in [-0.2, -0.15) is 0 Å². The summed E-state index contributed by atoms with van der Waals surface area (Å²) in [6.45, 7) is 0.870. The molecule has 3 aromatic rings. The topological polar surface area (TPSA) is 29.9 Å². The molecule has 0 spiro atoms. The molecule has 0 saturated carbocycles. The van der Waals surface area contributed by atoms with Gasteiger partial charge in [0.15, 0.2) is 4.77 Å². The third kappa shape index (κ3) is 2.47. The molecule has 1 N–H and O–H groups in total. The predicted octanol–water partition coefficient (Wildman–Crippen LogP) is 3.95. The highest BCUT2D eigenvalue weighted by atomic mass is 32.1. The molecular formula is C16H16N2OS. The van der Waals surface area contributed by atoms with Crippen LogP contribution in [0.3, 0.4) is 0 Å². The molecule has 4 heteroatoms. The van der Waals surface area contributed by atoms with Crippen LogP contribution < -0.4 is 4.74 Å². The van der Waals surface area contributed by atoms with Crippen molar-refractivity contribution in [3.63, 3.8) is 0 Å². The number of H-pyrrole nitrogens is 1. The van der Waals surface area contributed by atoms with Crippen LogP contribution in [0.5, 0.6) is 5.75 Å². The number of fused-ring (bicyclic) bond motifs is 1. The summed E-state index contributed by atoms with van der Waals surface area (Å²) in [5.74, 6) is 0.837. The van der Waals surface area contributed by atoms with Gasteiger partial charge in [-0.3, -0.25) is 0 Å². The van der Waals surface area contributed by atoms with Crippen molar-refractivity contribution in [2.45, 2.75) is 13.0 Å². The highest BCUT2D eigenvalue weighted by Crippen LogP contribution is 2.20. The van der Waals surface area contributed by atoms with Crippen molar-refractivity contribution >= 4 is 23.3 Å². The third-order valence-electron chi connectivity index (χ3n) is 3.45. The number of rotatable bonds is 4. The predicted molar refractivity (Wildman–Crippen MR) is 83.8 cm³/mol. The van der Waals surface area contributed by atoms with Crippen LogP contribution in [0.4, 0.5) is 0 Å². The van der Waals surface area contributed by atoms with E-state index in [0.29, 0.717) is 0 Å². The molecule has 1 aromatic heterocycles. The second-order valence-electron chi connectivity index (χ2n) is 4.70. The van der Waals surface area contributed by atoms with Gasteiger partial charge < -0.3 is 14.3 Å². The number of aryl methyl sites for hydroxylation is 2. The molecule has 20 heavy (non-hydrogen) atoms. The Morgan fingerprint density at radius 1 is 1.15 bits per heavy atom. The summed E-state index contributed by atoms with van der Waals surface area (Å²) in [6, 6.07) is 16.4. The lowest BCUT2D eigenvalue weighted by Gasteiger charge is -2.05. The molecule has 1 heterocycles. The van der Waals surface area contributed by atoms with Gasteiger partial charge in [0.2, 0.25) is 0 Å². The van der Waals surface area contributed by atoms with E-state index in [2.05, 4.69) is 33.8 Å². The number of hydrogen-bond donors (Lipinski definition) is 1. The Kier molecular flexibility index (Phi) is 3.56. The van der Waals surface area contributed by atoms with Crippen molar-refractivity contribution in [3.8, 4) is 5.75 Å². The molecule has 0 aliphatic rings. The summed E-state index contributed by atoms with van der Waals surface area (Å²) in [7, 11) is 1.67. The van der Waals surface area contributed by atoms with Crippen LogP contribution in [0, 0.1) is 4.77 Å². The Hall–Kier alpha value is -2.07. The summed E-state index contributed by atoms with van der Waals surface area (Å²) in [6.07, 6.45) is 0.966. The zero-order valence-electron chi connectivity index (χ0n) is 11.3. The number of nitrogens with one attached hydrogen (secondary N) is 1. The summed E-state index contributed by atoms with van der Waals surface area (Å²) in [5.41, 5.74) is 3.45. The number of hydrogen-bond acceptors (Lipinski definition) is 2. The van der Waals surface area contributed by atoms with E-state index in [-0.39, 0.29) is 0 Å². The first kappa shape index (κ1) is 12.9. The number of nitrogens with zero attached hydrogens (tertiary/aromatic N) is 1. The normalized spacial score (nSPS) is 10.8. The van der Waals surface area contributed by atoms with Crippen LogP contribution in [-0.2, 0) is 13.0 Å². The average molecular weight is 284 g/mol. The Bertz CT molecular complexity index is 774. The van der Waals surface area contributed by atoms with E-state index in [1.807, 2.05) is 24.3 Å². The van der Waals surface area contributed by atoms with E-state index in [9.17, 15) is 0 Å². The zero-order valence-corrected chi connectivity index (χ0v) is 12.1. The molecule has 3 nitrogen and oxygen atoms in total. The SMILES string of the molecule is COc1ccc2c(c1)[nH]c(=S)n2CCc1ccccc1. The number of imidazole rings is 1. The Labute approximate surface area is 122 Å². The molecule has 0 aliphatic carbocycles. The lowest BCUT2D eigenvalue weighted by atomic mass is 10.1. The number of aromatic nitrogens is 2. The monoisotopic (exact) mass is 284 g/mol. The second-order valence-corrected chi connectivity index (χ2v) is 5.09. The zero-order chi connectivity index (χ0) is 13.9. The smallest absolute Gasteiger partial charge is 0.178 e. The van der Waals surface area contributed by atoms with Gasteiger partial charge in [-0.05, 0) is 36.3 Å². The summed E-state index contributed by atoms with van der Waals surface area (Å²) >= 11 is 5.41. The van der Waals surface area contributed by atoms with Gasteiger partial charge in [0.25, 0.3) is 0 Å². The lowest BCUT2D eigenvalue weighted by Crippen LogP contribution is -2.01. The lowest BCUT2D eigenvalue weighted by molar-refractivity contribution is 0.415. The molecule has 0 amide bonds. The standard InChI is InChI=1S/C16H16N2OS/c1-19-13-7-8-15-14(11-13)17-16(20)18(15)10-9-12-5-3-2-4-6-12/h2-8,11H,9-10H2,1H3,(H,17,20). The molecule has 102 valence electrons.